The smallest absolute Gasteiger partial charge is 0.191 e. The van der Waals surface area contributed by atoms with E-state index in [-0.39, 0.29) is 24.0 Å². The van der Waals surface area contributed by atoms with E-state index in [4.69, 9.17) is 4.98 Å². The number of nitrogens with zero attached hydrogens (tertiary/aromatic N) is 3. The van der Waals surface area contributed by atoms with Gasteiger partial charge in [-0.2, -0.15) is 0 Å². The number of likely N-dealkylation sites (tertiary alicyclic amines) is 1. The molecule has 148 valence electrons. The van der Waals surface area contributed by atoms with E-state index in [0.29, 0.717) is 6.04 Å². The average molecular weight is 491 g/mol. The molecule has 1 aromatic heterocycles. The van der Waals surface area contributed by atoms with Crippen molar-refractivity contribution in [2.75, 3.05) is 33.2 Å². The first-order chi connectivity index (χ1) is 12.3. The monoisotopic (exact) mass is 491 g/mol. The van der Waals surface area contributed by atoms with Crippen molar-refractivity contribution in [1.82, 2.24) is 20.5 Å². The molecule has 3 rings (SSSR count). The molecule has 7 heteroatoms. The van der Waals surface area contributed by atoms with Gasteiger partial charge in [-0.05, 0) is 58.0 Å². The minimum atomic E-state index is 0. The lowest BCUT2D eigenvalue weighted by Crippen LogP contribution is -2.45. The number of likely N-dealkylation sites (N-methyl/N-ethyl adjacent to an activating group) is 1. The van der Waals surface area contributed by atoms with E-state index in [1.165, 1.54) is 55.8 Å². The summed E-state index contributed by atoms with van der Waals surface area (Å²) in [6, 6.07) is 0.658. The summed E-state index contributed by atoms with van der Waals surface area (Å²) in [5, 5.41) is 8.27. The lowest BCUT2D eigenvalue weighted by atomic mass is 10.0. The van der Waals surface area contributed by atoms with E-state index in [1.54, 1.807) is 4.88 Å². The van der Waals surface area contributed by atoms with Crippen LogP contribution in [-0.4, -0.2) is 55.1 Å². The van der Waals surface area contributed by atoms with Crippen LogP contribution in [0.4, 0.5) is 0 Å². The van der Waals surface area contributed by atoms with Crippen LogP contribution in [0.25, 0.3) is 0 Å². The van der Waals surface area contributed by atoms with Gasteiger partial charge < -0.3 is 10.6 Å². The van der Waals surface area contributed by atoms with Crippen molar-refractivity contribution >= 4 is 41.3 Å². The van der Waals surface area contributed by atoms with Crippen molar-refractivity contribution in [3.8, 4) is 0 Å². The van der Waals surface area contributed by atoms with E-state index >= 15 is 0 Å². The van der Waals surface area contributed by atoms with Gasteiger partial charge in [0.2, 0.25) is 0 Å². The van der Waals surface area contributed by atoms with E-state index in [0.717, 1.165) is 38.4 Å². The highest BCUT2D eigenvalue weighted by molar-refractivity contribution is 14.0. The van der Waals surface area contributed by atoms with Gasteiger partial charge in [0, 0.05) is 37.5 Å². The maximum Gasteiger partial charge on any atom is 0.191 e. The minimum Gasteiger partial charge on any atom is -0.356 e. The van der Waals surface area contributed by atoms with Crippen molar-refractivity contribution in [1.29, 1.82) is 0 Å². The predicted octanol–water partition coefficient (Wildman–Crippen LogP) is 3.22. The molecule has 2 heterocycles. The Morgan fingerprint density at radius 2 is 2.12 bits per heavy atom. The number of aryl methyl sites for hydroxylation is 3. The Morgan fingerprint density at radius 1 is 1.27 bits per heavy atom. The van der Waals surface area contributed by atoms with Crippen molar-refractivity contribution in [2.24, 2.45) is 4.99 Å². The molecule has 1 aromatic rings. The fourth-order valence-corrected chi connectivity index (χ4v) is 5.14. The Labute approximate surface area is 179 Å². The van der Waals surface area contributed by atoms with Gasteiger partial charge in [-0.1, -0.05) is 6.92 Å². The number of halogens is 1. The zero-order valence-corrected chi connectivity index (χ0v) is 19.4. The highest BCUT2D eigenvalue weighted by atomic mass is 127. The maximum absolute atomic E-state index is 4.83. The van der Waals surface area contributed by atoms with Gasteiger partial charge in [-0.15, -0.1) is 35.3 Å². The van der Waals surface area contributed by atoms with E-state index in [9.17, 15) is 0 Å². The molecule has 1 aliphatic carbocycles. The van der Waals surface area contributed by atoms with Crippen LogP contribution < -0.4 is 10.6 Å². The van der Waals surface area contributed by atoms with Crippen LogP contribution >= 0.6 is 35.3 Å². The molecule has 1 unspecified atom stereocenters. The number of hydrogen-bond acceptors (Lipinski definition) is 4. The van der Waals surface area contributed by atoms with Crippen LogP contribution in [0.2, 0.25) is 0 Å². The molecule has 1 saturated heterocycles. The molecule has 5 nitrogen and oxygen atoms in total. The van der Waals surface area contributed by atoms with Crippen LogP contribution in [0.15, 0.2) is 4.99 Å². The van der Waals surface area contributed by atoms with E-state index < -0.39 is 0 Å². The minimum absolute atomic E-state index is 0. The van der Waals surface area contributed by atoms with Crippen LogP contribution in [0, 0.1) is 0 Å². The van der Waals surface area contributed by atoms with Gasteiger partial charge >= 0.3 is 0 Å². The summed E-state index contributed by atoms with van der Waals surface area (Å²) in [6.07, 6.45) is 9.90. The van der Waals surface area contributed by atoms with Crippen molar-refractivity contribution in [3.63, 3.8) is 0 Å². The number of nitrogens with one attached hydrogen (secondary N) is 2. The molecule has 0 aromatic carbocycles. The van der Waals surface area contributed by atoms with Gasteiger partial charge in [0.1, 0.15) is 0 Å². The Bertz CT molecular complexity index is 551. The van der Waals surface area contributed by atoms with E-state index in [2.05, 4.69) is 27.4 Å². The number of fused-ring (bicyclic) bond motifs is 1. The van der Waals surface area contributed by atoms with E-state index in [1.807, 2.05) is 18.4 Å². The molecule has 0 radical (unpaired) electrons. The van der Waals surface area contributed by atoms with Gasteiger partial charge in [-0.25, -0.2) is 4.98 Å². The zero-order chi connectivity index (χ0) is 17.5. The van der Waals surface area contributed by atoms with Gasteiger partial charge in [0.15, 0.2) is 5.96 Å². The number of aliphatic imine (C=N–C) groups is 1. The summed E-state index contributed by atoms with van der Waals surface area (Å²) in [5.41, 5.74) is 1.38. The summed E-state index contributed by atoms with van der Waals surface area (Å²) in [4.78, 5) is 13.3. The molecule has 0 spiro atoms. The molecule has 0 amide bonds. The first-order valence-electron chi connectivity index (χ1n) is 9.96. The first kappa shape index (κ1) is 21.9. The highest BCUT2D eigenvalue weighted by Gasteiger charge is 2.22. The second-order valence-corrected chi connectivity index (χ2v) is 8.26. The Balaban J connectivity index is 0.00000243. The lowest BCUT2D eigenvalue weighted by Gasteiger charge is -2.23. The topological polar surface area (TPSA) is 52.5 Å². The number of thiazole rings is 1. The number of rotatable bonds is 7. The van der Waals surface area contributed by atoms with Crippen LogP contribution in [0.5, 0.6) is 0 Å². The molecule has 0 bridgehead atoms. The first-order valence-corrected chi connectivity index (χ1v) is 10.8. The summed E-state index contributed by atoms with van der Waals surface area (Å²) in [5.74, 6) is 0.932. The predicted molar refractivity (Wildman–Crippen MR) is 122 cm³/mol. The van der Waals surface area contributed by atoms with Gasteiger partial charge in [0.25, 0.3) is 0 Å². The molecule has 1 fully saturated rings. The summed E-state index contributed by atoms with van der Waals surface area (Å²) in [7, 11) is 1.86. The normalized spacial score (nSPS) is 20.5. The summed E-state index contributed by atoms with van der Waals surface area (Å²) < 4.78 is 0. The lowest BCUT2D eigenvalue weighted by molar-refractivity contribution is 0.267. The molecule has 2 aliphatic rings. The number of hydrogen-bond donors (Lipinski definition) is 2. The van der Waals surface area contributed by atoms with Gasteiger partial charge in [0.05, 0.1) is 10.7 Å². The SMILES string of the molecule is CCN1CCCC1CNC(=NC)NCCCc1nc2c(s1)CCCC2.I. The number of aromatic nitrogens is 1. The third-order valence-electron chi connectivity index (χ3n) is 5.38. The fourth-order valence-electron chi connectivity index (χ4n) is 3.94. The highest BCUT2D eigenvalue weighted by Crippen LogP contribution is 2.27. The molecule has 1 aliphatic heterocycles. The van der Waals surface area contributed by atoms with Crippen LogP contribution in [0.3, 0.4) is 0 Å². The molecule has 26 heavy (non-hydrogen) atoms. The standard InChI is InChI=1S/C19H33N5S.HI/c1-3-24-13-7-8-15(24)14-22-19(20-2)21-12-6-11-18-23-16-9-4-5-10-17(16)25-18;/h15H,3-14H2,1-2H3,(H2,20,21,22);1H. The summed E-state index contributed by atoms with van der Waals surface area (Å²) >= 11 is 1.94. The molecule has 2 N–H and O–H groups in total. The van der Waals surface area contributed by atoms with Crippen LogP contribution in [0.1, 0.15) is 54.6 Å². The van der Waals surface area contributed by atoms with Crippen LogP contribution in [-0.2, 0) is 19.3 Å². The third-order valence-corrected chi connectivity index (χ3v) is 6.60. The average Bonchev–Trinajstić information content (AvgIpc) is 3.26. The van der Waals surface area contributed by atoms with Crippen molar-refractivity contribution in [2.45, 2.75) is 64.3 Å². The number of guanidine groups is 1. The van der Waals surface area contributed by atoms with Crippen molar-refractivity contribution in [3.05, 3.63) is 15.6 Å². The molecular formula is C19H34IN5S. The quantitative estimate of drug-likeness (QED) is 0.266. The second kappa shape index (κ2) is 11.4. The Hall–Kier alpha value is -0.410. The maximum atomic E-state index is 4.83. The fraction of sp³-hybridized carbons (Fsp3) is 0.789. The molecular weight excluding hydrogens is 457 g/mol. The molecule has 1 atom stereocenters. The third kappa shape index (κ3) is 6.05. The molecule has 0 saturated carbocycles. The second-order valence-electron chi connectivity index (χ2n) is 7.09. The zero-order valence-electron chi connectivity index (χ0n) is 16.2. The van der Waals surface area contributed by atoms with Crippen molar-refractivity contribution < 1.29 is 0 Å². The van der Waals surface area contributed by atoms with Gasteiger partial charge in [-0.3, -0.25) is 9.89 Å². The Morgan fingerprint density at radius 3 is 2.88 bits per heavy atom. The Kier molecular flexibility index (Phi) is 9.63. The largest absolute Gasteiger partial charge is 0.356 e. The summed E-state index contributed by atoms with van der Waals surface area (Å²) in [6.45, 7) is 6.59.